The second kappa shape index (κ2) is 10.8. The largest absolute Gasteiger partial charge is 0.396 e. The Morgan fingerprint density at radius 1 is 1.17 bits per heavy atom. The Morgan fingerprint density at radius 3 is 2.64 bits per heavy atom. The smallest absolute Gasteiger partial charge is 0.162 e. The molecule has 0 saturated carbocycles. The Labute approximate surface area is 216 Å². The van der Waals surface area contributed by atoms with Gasteiger partial charge in [0.2, 0.25) is 0 Å². The van der Waals surface area contributed by atoms with E-state index in [9.17, 15) is 5.11 Å². The molecule has 3 aromatic rings. The number of aliphatic hydroxyl groups excluding tert-OH is 1. The average molecular weight is 510 g/mol. The monoisotopic (exact) mass is 509 g/mol. The second-order valence-electron chi connectivity index (χ2n) is 11.5. The quantitative estimate of drug-likeness (QED) is 0.330. The van der Waals surface area contributed by atoms with Gasteiger partial charge in [-0.15, -0.1) is 0 Å². The molecule has 0 amide bonds. The number of nitrogens with one attached hydrogen (secondary N) is 2. The van der Waals surface area contributed by atoms with E-state index < -0.39 is 8.24 Å². The van der Waals surface area contributed by atoms with E-state index in [1.54, 1.807) is 0 Å². The molecule has 0 unspecified atom stereocenters. The molecule has 196 valence electrons. The van der Waals surface area contributed by atoms with Crippen molar-refractivity contribution in [3.8, 4) is 0 Å². The van der Waals surface area contributed by atoms with Crippen LogP contribution in [0.4, 0.5) is 17.5 Å². The van der Waals surface area contributed by atoms with Crippen molar-refractivity contribution in [1.29, 1.82) is 0 Å². The minimum absolute atomic E-state index is 0.203. The van der Waals surface area contributed by atoms with E-state index >= 15 is 0 Å². The van der Waals surface area contributed by atoms with Crippen molar-refractivity contribution in [2.75, 3.05) is 28.4 Å². The Morgan fingerprint density at radius 2 is 1.97 bits per heavy atom. The van der Waals surface area contributed by atoms with Crippen LogP contribution in [0.2, 0.25) is 18.1 Å². The Kier molecular flexibility index (Phi) is 7.90. The maximum absolute atomic E-state index is 9.61. The van der Waals surface area contributed by atoms with Crippen molar-refractivity contribution in [3.05, 3.63) is 41.7 Å². The molecule has 8 nitrogen and oxygen atoms in total. The summed E-state index contributed by atoms with van der Waals surface area (Å²) in [7, 11) is -1.67. The zero-order chi connectivity index (χ0) is 25.9. The topological polar surface area (TPSA) is 90.6 Å². The highest BCUT2D eigenvalue weighted by atomic mass is 28.3. The van der Waals surface area contributed by atoms with Crippen LogP contribution < -0.4 is 15.2 Å². The Bertz CT molecular complexity index is 1150. The molecular formula is C27H43N7OSi. The van der Waals surface area contributed by atoms with E-state index in [1.807, 2.05) is 16.9 Å². The Hall–Kier alpha value is -2.65. The molecule has 1 fully saturated rings. The van der Waals surface area contributed by atoms with Crippen molar-refractivity contribution in [2.24, 2.45) is 0 Å². The van der Waals surface area contributed by atoms with Gasteiger partial charge in [-0.1, -0.05) is 46.9 Å². The van der Waals surface area contributed by atoms with Gasteiger partial charge in [0.15, 0.2) is 13.9 Å². The number of aromatic nitrogens is 4. The summed E-state index contributed by atoms with van der Waals surface area (Å²) in [5.41, 5.74) is 3.15. The molecule has 0 spiro atoms. The summed E-state index contributed by atoms with van der Waals surface area (Å²) >= 11 is 0. The number of aliphatic hydroxyl groups is 1. The molecule has 4 rings (SSSR count). The molecule has 1 atom stereocenters. The van der Waals surface area contributed by atoms with Gasteiger partial charge in [-0.2, -0.15) is 9.61 Å². The van der Waals surface area contributed by atoms with Crippen molar-refractivity contribution in [1.82, 2.24) is 19.6 Å². The normalized spacial score (nSPS) is 17.0. The highest BCUT2D eigenvalue weighted by Gasteiger charge is 2.36. The fourth-order valence-electron chi connectivity index (χ4n) is 4.57. The molecule has 1 saturated heterocycles. The third-order valence-electron chi connectivity index (χ3n) is 7.91. The highest BCUT2D eigenvalue weighted by molar-refractivity contribution is 6.82. The van der Waals surface area contributed by atoms with E-state index in [0.717, 1.165) is 66.5 Å². The van der Waals surface area contributed by atoms with Crippen LogP contribution >= 0.6 is 0 Å². The van der Waals surface area contributed by atoms with Gasteiger partial charge in [0.1, 0.15) is 17.5 Å². The maximum atomic E-state index is 9.61. The highest BCUT2D eigenvalue weighted by Crippen LogP contribution is 2.36. The predicted molar refractivity (Wildman–Crippen MR) is 151 cm³/mol. The molecule has 0 bridgehead atoms. The third-order valence-corrected chi connectivity index (χ3v) is 12.5. The van der Waals surface area contributed by atoms with E-state index in [-0.39, 0.29) is 11.6 Å². The SMILES string of the molecule is CCc1cnn2c(NCc3ccc(N[Si](C)(C)C(C)(C)C)nc3)cc(N3CCCC[C@H]3CCO)nc12. The molecule has 1 aliphatic rings. The van der Waals surface area contributed by atoms with Crippen LogP contribution in [0.5, 0.6) is 0 Å². The van der Waals surface area contributed by atoms with Gasteiger partial charge in [-0.3, -0.25) is 0 Å². The van der Waals surface area contributed by atoms with Crippen molar-refractivity contribution < 1.29 is 5.11 Å². The standard InChI is InChI=1S/C27H43N7OSi/c1-7-21-19-30-34-24(16-25(31-26(21)34)33-14-9-8-10-22(33)13-15-35)29-18-20-11-12-23(28-17-20)32-36(5,6)27(2,3)4/h11-12,16-17,19,22,29,35H,7-10,13-15,18H2,1-6H3,(H,28,32)/t22-/m0/s1. The predicted octanol–water partition coefficient (Wildman–Crippen LogP) is 5.46. The first kappa shape index (κ1) is 26.4. The second-order valence-corrected chi connectivity index (χ2v) is 16.5. The molecular weight excluding hydrogens is 466 g/mol. The number of nitrogens with zero attached hydrogens (tertiary/aromatic N) is 5. The number of hydrogen-bond acceptors (Lipinski definition) is 7. The average Bonchev–Trinajstić information content (AvgIpc) is 3.26. The Balaban J connectivity index is 1.56. The molecule has 3 aromatic heterocycles. The summed E-state index contributed by atoms with van der Waals surface area (Å²) in [4.78, 5) is 15.8. The fourth-order valence-corrected chi connectivity index (χ4v) is 5.74. The summed E-state index contributed by atoms with van der Waals surface area (Å²) in [5.74, 6) is 2.83. The van der Waals surface area contributed by atoms with Crippen molar-refractivity contribution in [2.45, 2.75) is 90.5 Å². The molecule has 3 N–H and O–H groups in total. The molecule has 36 heavy (non-hydrogen) atoms. The maximum Gasteiger partial charge on any atom is 0.162 e. The van der Waals surface area contributed by atoms with Crippen molar-refractivity contribution >= 4 is 31.3 Å². The fraction of sp³-hybridized carbons (Fsp3) is 0.593. The first-order chi connectivity index (χ1) is 17.1. The van der Waals surface area contributed by atoms with Crippen LogP contribution in [0.25, 0.3) is 5.65 Å². The van der Waals surface area contributed by atoms with Gasteiger partial charge in [0, 0.05) is 43.6 Å². The summed E-state index contributed by atoms with van der Waals surface area (Å²) in [5, 5.41) is 18.1. The van der Waals surface area contributed by atoms with Crippen LogP contribution in [-0.2, 0) is 13.0 Å². The number of fused-ring (bicyclic) bond motifs is 1. The summed E-state index contributed by atoms with van der Waals surface area (Å²) in [6.07, 6.45) is 8.97. The van der Waals surface area contributed by atoms with Gasteiger partial charge in [-0.25, -0.2) is 9.97 Å². The summed E-state index contributed by atoms with van der Waals surface area (Å²) < 4.78 is 1.91. The molecule has 1 aliphatic heterocycles. The molecule has 0 aliphatic carbocycles. The lowest BCUT2D eigenvalue weighted by Gasteiger charge is -2.37. The van der Waals surface area contributed by atoms with Gasteiger partial charge in [0.05, 0.1) is 6.20 Å². The molecule has 4 heterocycles. The lowest BCUT2D eigenvalue weighted by molar-refractivity contribution is 0.262. The van der Waals surface area contributed by atoms with E-state index in [4.69, 9.17) is 9.97 Å². The summed E-state index contributed by atoms with van der Waals surface area (Å²) in [6, 6.07) is 6.65. The van der Waals surface area contributed by atoms with Gasteiger partial charge in [-0.05, 0) is 48.8 Å². The molecule has 9 heteroatoms. The van der Waals surface area contributed by atoms with E-state index in [1.165, 1.54) is 6.42 Å². The minimum Gasteiger partial charge on any atom is -0.396 e. The van der Waals surface area contributed by atoms with Gasteiger partial charge in [0.25, 0.3) is 0 Å². The van der Waals surface area contributed by atoms with Crippen LogP contribution in [0.3, 0.4) is 0 Å². The zero-order valence-corrected chi connectivity index (χ0v) is 23.8. The number of pyridine rings is 1. The third kappa shape index (κ3) is 5.67. The number of piperidine rings is 1. The summed E-state index contributed by atoms with van der Waals surface area (Å²) in [6.45, 7) is 15.5. The van der Waals surface area contributed by atoms with Crippen LogP contribution in [0, 0.1) is 0 Å². The first-order valence-electron chi connectivity index (χ1n) is 13.3. The van der Waals surface area contributed by atoms with Crippen LogP contribution in [-0.4, -0.2) is 52.1 Å². The van der Waals surface area contributed by atoms with Crippen LogP contribution in [0.1, 0.15) is 64.5 Å². The number of anilines is 3. The number of aryl methyl sites for hydroxylation is 1. The molecule has 0 radical (unpaired) electrons. The minimum atomic E-state index is -1.67. The number of rotatable bonds is 9. The van der Waals surface area contributed by atoms with E-state index in [0.29, 0.717) is 12.6 Å². The van der Waals surface area contributed by atoms with Crippen molar-refractivity contribution in [3.63, 3.8) is 0 Å². The van der Waals surface area contributed by atoms with Gasteiger partial charge < -0.3 is 20.3 Å². The van der Waals surface area contributed by atoms with Gasteiger partial charge >= 0.3 is 0 Å². The lowest BCUT2D eigenvalue weighted by atomic mass is 9.99. The lowest BCUT2D eigenvalue weighted by Crippen LogP contribution is -2.46. The molecule has 0 aromatic carbocycles. The number of hydrogen-bond donors (Lipinski definition) is 3. The van der Waals surface area contributed by atoms with E-state index in [2.05, 4.69) is 79.3 Å². The first-order valence-corrected chi connectivity index (χ1v) is 16.3. The van der Waals surface area contributed by atoms with Crippen LogP contribution in [0.15, 0.2) is 30.6 Å². The zero-order valence-electron chi connectivity index (χ0n) is 22.8.